The summed E-state index contributed by atoms with van der Waals surface area (Å²) in [6.07, 6.45) is 3.15. The van der Waals surface area contributed by atoms with Gasteiger partial charge in [-0.25, -0.2) is 5.43 Å². The highest BCUT2D eigenvalue weighted by Crippen LogP contribution is 2.22. The molecule has 1 saturated carbocycles. The lowest BCUT2D eigenvalue weighted by atomic mass is 9.89. The molecule has 4 atom stereocenters. The quantitative estimate of drug-likeness (QED) is 0.450. The molecule has 3 fully saturated rings. The minimum atomic E-state index is -0.229. The Labute approximate surface area is 165 Å². The number of nitrogens with one attached hydrogen (secondary N) is 5. The standard InChI is InChI=1S/C20H29N5O3/c1-12(22-20(27)19-16-10-21-9-8-17(16)24-25-19)13-2-6-15(7-3-13)28-11-18(26)23-14-4-5-14/h2-3,6-7,12,14,16-17,19,21,24-25H,4-5,8-11H2,1H3,(H,22,27)(H,23,26). The Morgan fingerprint density at radius 2 is 1.96 bits per heavy atom. The van der Waals surface area contributed by atoms with Gasteiger partial charge in [-0.1, -0.05) is 12.1 Å². The number of fused-ring (bicyclic) bond motifs is 1. The highest BCUT2D eigenvalue weighted by atomic mass is 16.5. The number of rotatable bonds is 7. The van der Waals surface area contributed by atoms with Crippen LogP contribution in [-0.4, -0.2) is 49.6 Å². The van der Waals surface area contributed by atoms with Gasteiger partial charge in [0.15, 0.2) is 6.61 Å². The molecule has 0 spiro atoms. The van der Waals surface area contributed by atoms with Gasteiger partial charge in [-0.15, -0.1) is 0 Å². The molecule has 1 aliphatic carbocycles. The lowest BCUT2D eigenvalue weighted by Gasteiger charge is -2.28. The zero-order chi connectivity index (χ0) is 19.5. The molecule has 2 amide bonds. The van der Waals surface area contributed by atoms with Gasteiger partial charge in [-0.3, -0.25) is 15.0 Å². The average Bonchev–Trinajstić information content (AvgIpc) is 3.41. The van der Waals surface area contributed by atoms with E-state index in [4.69, 9.17) is 4.74 Å². The molecule has 28 heavy (non-hydrogen) atoms. The molecule has 8 heteroatoms. The summed E-state index contributed by atoms with van der Waals surface area (Å²) in [4.78, 5) is 24.4. The SMILES string of the molecule is CC(NC(=O)C1NNC2CCNCC21)c1ccc(OCC(=O)NC2CC2)cc1. The summed E-state index contributed by atoms with van der Waals surface area (Å²) >= 11 is 0. The Kier molecular flexibility index (Phi) is 5.79. The fourth-order valence-electron chi connectivity index (χ4n) is 3.86. The fraction of sp³-hybridized carbons (Fsp3) is 0.600. The highest BCUT2D eigenvalue weighted by Gasteiger charge is 2.41. The van der Waals surface area contributed by atoms with E-state index in [0.717, 1.165) is 37.9 Å². The van der Waals surface area contributed by atoms with Gasteiger partial charge in [-0.05, 0) is 50.4 Å². The first-order chi connectivity index (χ1) is 13.6. The Bertz CT molecular complexity index is 706. The predicted octanol–water partition coefficient (Wildman–Crippen LogP) is -0.0243. The number of hydrazine groups is 1. The maximum absolute atomic E-state index is 12.7. The van der Waals surface area contributed by atoms with Crippen molar-refractivity contribution >= 4 is 11.8 Å². The third-order valence-corrected chi connectivity index (χ3v) is 5.72. The molecular formula is C20H29N5O3. The third-order valence-electron chi connectivity index (χ3n) is 5.72. The molecule has 2 heterocycles. The number of hydrogen-bond acceptors (Lipinski definition) is 6. The van der Waals surface area contributed by atoms with Gasteiger partial charge in [0, 0.05) is 24.5 Å². The van der Waals surface area contributed by atoms with Gasteiger partial charge >= 0.3 is 0 Å². The van der Waals surface area contributed by atoms with Gasteiger partial charge in [0.1, 0.15) is 11.8 Å². The first kappa shape index (κ1) is 19.2. The first-order valence-corrected chi connectivity index (χ1v) is 10.1. The van der Waals surface area contributed by atoms with E-state index in [1.54, 1.807) is 0 Å². The van der Waals surface area contributed by atoms with Crippen LogP contribution in [0.1, 0.15) is 37.8 Å². The van der Waals surface area contributed by atoms with Crippen LogP contribution in [-0.2, 0) is 9.59 Å². The van der Waals surface area contributed by atoms with Crippen molar-refractivity contribution < 1.29 is 14.3 Å². The molecule has 5 N–H and O–H groups in total. The lowest BCUT2D eigenvalue weighted by molar-refractivity contribution is -0.124. The molecular weight excluding hydrogens is 358 g/mol. The Hall–Kier alpha value is -2.16. The smallest absolute Gasteiger partial charge is 0.258 e. The van der Waals surface area contributed by atoms with Gasteiger partial charge in [0.2, 0.25) is 5.91 Å². The summed E-state index contributed by atoms with van der Waals surface area (Å²) in [7, 11) is 0. The van der Waals surface area contributed by atoms with E-state index in [0.29, 0.717) is 17.8 Å². The predicted molar refractivity (Wildman–Crippen MR) is 104 cm³/mol. The summed E-state index contributed by atoms with van der Waals surface area (Å²) in [6, 6.07) is 7.85. The highest BCUT2D eigenvalue weighted by molar-refractivity contribution is 5.83. The van der Waals surface area contributed by atoms with Crippen molar-refractivity contribution in [3.8, 4) is 5.75 Å². The molecule has 152 valence electrons. The van der Waals surface area contributed by atoms with Crippen molar-refractivity contribution in [1.29, 1.82) is 0 Å². The fourth-order valence-corrected chi connectivity index (χ4v) is 3.86. The van der Waals surface area contributed by atoms with Gasteiger partial charge in [0.05, 0.1) is 6.04 Å². The maximum atomic E-state index is 12.7. The van der Waals surface area contributed by atoms with Crippen molar-refractivity contribution in [2.75, 3.05) is 19.7 Å². The Morgan fingerprint density at radius 1 is 1.18 bits per heavy atom. The molecule has 0 radical (unpaired) electrons. The van der Waals surface area contributed by atoms with E-state index < -0.39 is 0 Å². The summed E-state index contributed by atoms with van der Waals surface area (Å²) in [5, 5.41) is 9.35. The topological polar surface area (TPSA) is 104 Å². The molecule has 0 bridgehead atoms. The molecule has 4 rings (SSSR count). The maximum Gasteiger partial charge on any atom is 0.258 e. The zero-order valence-corrected chi connectivity index (χ0v) is 16.2. The number of carbonyl (C=O) groups excluding carboxylic acids is 2. The zero-order valence-electron chi connectivity index (χ0n) is 16.2. The number of hydrogen-bond donors (Lipinski definition) is 5. The van der Waals surface area contributed by atoms with Crippen molar-refractivity contribution in [2.24, 2.45) is 5.92 Å². The van der Waals surface area contributed by atoms with Crippen LogP contribution in [0.5, 0.6) is 5.75 Å². The van der Waals surface area contributed by atoms with E-state index in [2.05, 4.69) is 26.8 Å². The number of piperidine rings is 1. The number of carbonyl (C=O) groups is 2. The average molecular weight is 387 g/mol. The Balaban J connectivity index is 1.26. The van der Waals surface area contributed by atoms with Gasteiger partial charge in [-0.2, -0.15) is 0 Å². The molecule has 0 aromatic heterocycles. The molecule has 4 unspecified atom stereocenters. The van der Waals surface area contributed by atoms with Crippen molar-refractivity contribution in [1.82, 2.24) is 26.8 Å². The third kappa shape index (κ3) is 4.63. The molecule has 1 aromatic carbocycles. The van der Waals surface area contributed by atoms with Crippen molar-refractivity contribution in [3.05, 3.63) is 29.8 Å². The van der Waals surface area contributed by atoms with Gasteiger partial charge < -0.3 is 20.7 Å². The number of benzene rings is 1. The summed E-state index contributed by atoms with van der Waals surface area (Å²) in [5.74, 6) is 0.832. The summed E-state index contributed by atoms with van der Waals surface area (Å²) in [5.41, 5.74) is 7.39. The number of amides is 2. The van der Waals surface area contributed by atoms with Gasteiger partial charge in [0.25, 0.3) is 5.91 Å². The number of ether oxygens (including phenoxy) is 1. The van der Waals surface area contributed by atoms with Crippen LogP contribution in [0.3, 0.4) is 0 Å². The van der Waals surface area contributed by atoms with Crippen LogP contribution < -0.4 is 31.5 Å². The largest absolute Gasteiger partial charge is 0.484 e. The van der Waals surface area contributed by atoms with E-state index in [-0.39, 0.29) is 36.4 Å². The molecule has 2 aliphatic heterocycles. The second-order valence-corrected chi connectivity index (χ2v) is 7.96. The van der Waals surface area contributed by atoms with E-state index in [1.165, 1.54) is 0 Å². The molecule has 8 nitrogen and oxygen atoms in total. The van der Waals surface area contributed by atoms with Crippen molar-refractivity contribution in [2.45, 2.75) is 50.4 Å². The van der Waals surface area contributed by atoms with Crippen LogP contribution in [0.25, 0.3) is 0 Å². The Morgan fingerprint density at radius 3 is 2.71 bits per heavy atom. The van der Waals surface area contributed by atoms with Crippen LogP contribution >= 0.6 is 0 Å². The molecule has 3 aliphatic rings. The van der Waals surface area contributed by atoms with Crippen LogP contribution in [0.4, 0.5) is 0 Å². The van der Waals surface area contributed by atoms with Crippen molar-refractivity contribution in [3.63, 3.8) is 0 Å². The van der Waals surface area contributed by atoms with E-state index in [1.807, 2.05) is 31.2 Å². The monoisotopic (exact) mass is 387 g/mol. The van der Waals surface area contributed by atoms with Crippen LogP contribution in [0.2, 0.25) is 0 Å². The lowest BCUT2D eigenvalue weighted by Crippen LogP contribution is -2.49. The summed E-state index contributed by atoms with van der Waals surface area (Å²) < 4.78 is 5.53. The minimum absolute atomic E-state index is 0.00766. The van der Waals surface area contributed by atoms with E-state index in [9.17, 15) is 9.59 Å². The van der Waals surface area contributed by atoms with Crippen LogP contribution in [0, 0.1) is 5.92 Å². The second kappa shape index (κ2) is 8.46. The van der Waals surface area contributed by atoms with E-state index >= 15 is 0 Å². The second-order valence-electron chi connectivity index (χ2n) is 7.96. The summed E-state index contributed by atoms with van der Waals surface area (Å²) in [6.45, 7) is 3.82. The van der Waals surface area contributed by atoms with Crippen LogP contribution in [0.15, 0.2) is 24.3 Å². The molecule has 2 saturated heterocycles. The minimum Gasteiger partial charge on any atom is -0.484 e. The first-order valence-electron chi connectivity index (χ1n) is 10.1. The molecule has 1 aromatic rings. The normalized spacial score (nSPS) is 27.5.